The summed E-state index contributed by atoms with van der Waals surface area (Å²) in [5.74, 6) is -6.17. The van der Waals surface area contributed by atoms with Crippen LogP contribution in [-0.2, 0) is 28.4 Å². The molecule has 32 heavy (non-hydrogen) atoms. The predicted octanol–water partition coefficient (Wildman–Crippen LogP) is 4.59. The molecule has 1 aromatic heterocycles. The van der Waals surface area contributed by atoms with Crippen molar-refractivity contribution >= 4 is 85.9 Å². The molecule has 0 aliphatic carbocycles. The molecule has 1 aliphatic rings. The average molecular weight is 582 g/mol. The summed E-state index contributed by atoms with van der Waals surface area (Å²) < 4.78 is 43.8. The minimum Gasteiger partial charge on any atom is -0.466 e. The molecule has 2 amide bonds. The van der Waals surface area contributed by atoms with Gasteiger partial charge in [0.15, 0.2) is 22.5 Å². The van der Waals surface area contributed by atoms with Crippen molar-refractivity contribution < 1.29 is 42.0 Å². The van der Waals surface area contributed by atoms with Gasteiger partial charge < -0.3 is 9.47 Å². The Kier molecular flexibility index (Phi) is 14.8. The van der Waals surface area contributed by atoms with Crippen LogP contribution in [0, 0.1) is 5.82 Å². The van der Waals surface area contributed by atoms with Crippen LogP contribution in [0.1, 0.15) is 24.3 Å². The van der Waals surface area contributed by atoms with Crippen LogP contribution >= 0.6 is 62.1 Å². The molecule has 0 fully saturated rings. The smallest absolute Gasteiger partial charge is 0.359 e. The second-order valence-electron chi connectivity index (χ2n) is 4.67. The van der Waals surface area contributed by atoms with Gasteiger partial charge in [0.2, 0.25) is 11.2 Å². The van der Waals surface area contributed by atoms with E-state index in [4.69, 9.17) is 23.2 Å². The van der Waals surface area contributed by atoms with E-state index in [0.717, 1.165) is 14.2 Å². The molecule has 0 atom stereocenters. The van der Waals surface area contributed by atoms with Gasteiger partial charge in [-0.25, -0.2) is 28.3 Å². The fourth-order valence-electron chi connectivity index (χ4n) is 1.51. The average Bonchev–Trinajstić information content (AvgIpc) is 2.65. The van der Waals surface area contributed by atoms with E-state index in [9.17, 15) is 32.5 Å². The highest BCUT2D eigenvalue weighted by molar-refractivity contribution is 8.24. The maximum absolute atomic E-state index is 13.0. The summed E-state index contributed by atoms with van der Waals surface area (Å²) in [5.41, 5.74) is -1.11. The first-order valence-corrected chi connectivity index (χ1v) is 12.3. The lowest BCUT2D eigenvalue weighted by Crippen LogP contribution is -2.37. The van der Waals surface area contributed by atoms with E-state index in [-0.39, 0.29) is 12.7 Å². The molecule has 0 saturated heterocycles. The van der Waals surface area contributed by atoms with Gasteiger partial charge >= 0.3 is 17.1 Å². The minimum absolute atomic E-state index is 0. The zero-order valence-corrected chi connectivity index (χ0v) is 19.7. The van der Waals surface area contributed by atoms with E-state index < -0.39 is 63.4 Å². The van der Waals surface area contributed by atoms with E-state index in [1.807, 2.05) is 0 Å². The van der Waals surface area contributed by atoms with Crippen molar-refractivity contribution in [1.82, 2.24) is 15.3 Å². The molecular weight excluding hydrogens is 568 g/mol. The summed E-state index contributed by atoms with van der Waals surface area (Å²) in [4.78, 5) is 49.7. The van der Waals surface area contributed by atoms with Crippen molar-refractivity contribution in [1.29, 1.82) is 0 Å². The van der Waals surface area contributed by atoms with Crippen molar-refractivity contribution in [2.75, 3.05) is 14.2 Å². The summed E-state index contributed by atoms with van der Waals surface area (Å²) in [6.07, 6.45) is -0.468. The normalized spacial score (nSPS) is 12.8. The van der Waals surface area contributed by atoms with Gasteiger partial charge in [-0.05, 0) is 45.3 Å². The lowest BCUT2D eigenvalue weighted by Gasteiger charge is -2.12. The molecule has 0 spiro atoms. The van der Waals surface area contributed by atoms with Crippen LogP contribution in [-0.4, -0.2) is 47.9 Å². The molecule has 10 nitrogen and oxygen atoms in total. The Labute approximate surface area is 204 Å². The molecule has 2 heterocycles. The van der Waals surface area contributed by atoms with E-state index in [1.165, 1.54) is 0 Å². The third kappa shape index (κ3) is 11.9. The van der Waals surface area contributed by atoms with Gasteiger partial charge in [-0.15, -0.1) is 0 Å². The van der Waals surface area contributed by atoms with Crippen molar-refractivity contribution in [3.63, 3.8) is 0 Å². The number of hydrogen-bond donors (Lipinski definition) is 1. The van der Waals surface area contributed by atoms with Crippen molar-refractivity contribution in [3.8, 4) is 0 Å². The standard InChI is InChI=1S/C7H6FNO4.C6H3Cl2FN2O2.CH4.Cl3OP/c1-13-7(12)3-2-4(10)9-6(11)5(3)8;1-13-5(12)3-2(9)4(7)11-6(8)10-3;;1-5(2,3)4/h2H2,1H3,(H,9,10,11);1H3;1H4;. The van der Waals surface area contributed by atoms with Gasteiger partial charge in [0.25, 0.3) is 5.91 Å². The summed E-state index contributed by atoms with van der Waals surface area (Å²) in [6, 6.07) is 0. The molecule has 0 radical (unpaired) electrons. The first-order chi connectivity index (χ1) is 14.1. The molecule has 18 heteroatoms. The van der Waals surface area contributed by atoms with Crippen LogP contribution in [0.25, 0.3) is 0 Å². The van der Waals surface area contributed by atoms with Gasteiger partial charge in [0.1, 0.15) is 0 Å². The molecule has 0 saturated carbocycles. The summed E-state index contributed by atoms with van der Waals surface area (Å²) >= 11 is 24.5. The first kappa shape index (κ1) is 32.6. The number of nitrogens with one attached hydrogen (secondary N) is 1. The van der Waals surface area contributed by atoms with E-state index in [2.05, 4.69) is 53.2 Å². The predicted molar refractivity (Wildman–Crippen MR) is 113 cm³/mol. The summed E-state index contributed by atoms with van der Waals surface area (Å²) in [7, 11) is 2.13. The Balaban J connectivity index is 0. The Morgan fingerprint density at radius 3 is 1.94 bits per heavy atom. The molecule has 0 bridgehead atoms. The molecule has 2 rings (SSSR count). The van der Waals surface area contributed by atoms with Crippen LogP contribution in [0.3, 0.4) is 0 Å². The second-order valence-corrected chi connectivity index (χ2v) is 12.0. The fourth-order valence-corrected chi connectivity index (χ4v) is 1.89. The lowest BCUT2D eigenvalue weighted by molar-refractivity contribution is -0.139. The molecule has 0 unspecified atom stereocenters. The van der Waals surface area contributed by atoms with E-state index in [1.54, 1.807) is 5.32 Å². The van der Waals surface area contributed by atoms with Gasteiger partial charge in [0, 0.05) is 0 Å². The summed E-state index contributed by atoms with van der Waals surface area (Å²) in [6.45, 7) is 0. The third-order valence-corrected chi connectivity index (χ3v) is 3.07. The number of halogens is 7. The second kappa shape index (κ2) is 14.6. The summed E-state index contributed by atoms with van der Waals surface area (Å²) in [5, 5.41) is -2.33. The van der Waals surface area contributed by atoms with Crippen LogP contribution in [0.2, 0.25) is 10.4 Å². The first-order valence-electron chi connectivity index (χ1n) is 7.09. The maximum atomic E-state index is 13.0. The Bertz CT molecular complexity index is 966. The number of carbonyl (C=O) groups is 4. The van der Waals surface area contributed by atoms with Crippen LogP contribution in [0.5, 0.6) is 0 Å². The Morgan fingerprint density at radius 1 is 1.03 bits per heavy atom. The molecule has 180 valence electrons. The van der Waals surface area contributed by atoms with Crippen molar-refractivity contribution in [3.05, 3.63) is 33.3 Å². The number of hydrogen-bond acceptors (Lipinski definition) is 9. The third-order valence-electron chi connectivity index (χ3n) is 2.65. The zero-order chi connectivity index (χ0) is 24.5. The number of imide groups is 1. The number of methoxy groups -OCH3 is 2. The van der Waals surface area contributed by atoms with Gasteiger partial charge in [0.05, 0.1) is 26.2 Å². The van der Waals surface area contributed by atoms with Crippen molar-refractivity contribution in [2.45, 2.75) is 13.8 Å². The van der Waals surface area contributed by atoms with Crippen LogP contribution in [0.15, 0.2) is 11.4 Å². The monoisotopic (exact) mass is 579 g/mol. The van der Waals surface area contributed by atoms with Crippen LogP contribution in [0.4, 0.5) is 8.78 Å². The molecule has 1 aliphatic heterocycles. The molecular formula is C14H13Cl5F2N3O7P. The van der Waals surface area contributed by atoms with Crippen LogP contribution < -0.4 is 5.32 Å². The Hall–Kier alpha value is -1.56. The highest BCUT2D eigenvalue weighted by Gasteiger charge is 2.30. The van der Waals surface area contributed by atoms with E-state index in [0.29, 0.717) is 0 Å². The number of amides is 2. The largest absolute Gasteiger partial charge is 0.466 e. The maximum Gasteiger partial charge on any atom is 0.359 e. The number of nitrogens with zero attached hydrogens (tertiary/aromatic N) is 2. The van der Waals surface area contributed by atoms with Gasteiger partial charge in [-0.1, -0.05) is 19.0 Å². The Morgan fingerprint density at radius 2 is 1.50 bits per heavy atom. The van der Waals surface area contributed by atoms with Crippen molar-refractivity contribution in [2.24, 2.45) is 0 Å². The lowest BCUT2D eigenvalue weighted by atomic mass is 10.1. The highest BCUT2D eigenvalue weighted by Crippen LogP contribution is 2.61. The zero-order valence-electron chi connectivity index (χ0n) is 15.1. The number of carbonyl (C=O) groups excluding carboxylic acids is 4. The van der Waals surface area contributed by atoms with Gasteiger partial charge in [-0.3, -0.25) is 19.5 Å². The number of rotatable bonds is 2. The number of aromatic nitrogens is 2. The van der Waals surface area contributed by atoms with Gasteiger partial charge in [-0.2, -0.15) is 0 Å². The molecule has 1 aromatic rings. The minimum atomic E-state index is -3.22. The molecule has 1 N–H and O–H groups in total. The quantitative estimate of drug-likeness (QED) is 0.175. The highest BCUT2D eigenvalue weighted by atomic mass is 36.0. The van der Waals surface area contributed by atoms with E-state index >= 15 is 0 Å². The number of esters is 2. The number of ether oxygens (including phenoxy) is 2. The fraction of sp³-hybridized carbons (Fsp3) is 0.286. The molecule has 0 aromatic carbocycles. The topological polar surface area (TPSA) is 142 Å². The SMILES string of the molecule is C.COC(=O)C1=C(F)C(=O)NC(=O)C1.COC(=O)c1nc(Cl)nc(Cl)c1F.O=P(Cl)(Cl)Cl.